The first-order valence-electron chi connectivity index (χ1n) is 7.53. The van der Waals surface area contributed by atoms with Crippen LogP contribution in [0.25, 0.3) is 0 Å². The molecule has 0 bridgehead atoms. The van der Waals surface area contributed by atoms with E-state index in [2.05, 4.69) is 5.32 Å². The van der Waals surface area contributed by atoms with Crippen molar-refractivity contribution < 1.29 is 14.3 Å². The van der Waals surface area contributed by atoms with E-state index in [0.29, 0.717) is 13.2 Å². The average Bonchev–Trinajstić information content (AvgIpc) is 2.45. The van der Waals surface area contributed by atoms with Crippen LogP contribution in [0.4, 0.5) is 0 Å². The van der Waals surface area contributed by atoms with E-state index in [9.17, 15) is 9.59 Å². The van der Waals surface area contributed by atoms with Crippen LogP contribution >= 0.6 is 0 Å². The number of ether oxygens (including phenoxy) is 1. The minimum Gasteiger partial charge on any atom is -0.491 e. The fourth-order valence-corrected chi connectivity index (χ4v) is 2.09. The summed E-state index contributed by atoms with van der Waals surface area (Å²) in [7, 11) is 1.72. The molecule has 0 aliphatic carbocycles. The van der Waals surface area contributed by atoms with Gasteiger partial charge in [0.05, 0.1) is 6.54 Å². The quantitative estimate of drug-likeness (QED) is 0.838. The summed E-state index contributed by atoms with van der Waals surface area (Å²) in [6.45, 7) is 8.11. The molecule has 1 rings (SSSR count). The summed E-state index contributed by atoms with van der Waals surface area (Å²) in [4.78, 5) is 25.2. The number of amides is 2. The molecule has 0 heterocycles. The van der Waals surface area contributed by atoms with Crippen LogP contribution in [0.2, 0.25) is 0 Å². The smallest absolute Gasteiger partial charge is 0.245 e. The molecule has 0 aromatic heterocycles. The third kappa shape index (κ3) is 5.39. The first kappa shape index (κ1) is 18.0. The predicted molar refractivity (Wildman–Crippen MR) is 86.8 cm³/mol. The van der Waals surface area contributed by atoms with Crippen molar-refractivity contribution in [2.45, 2.75) is 33.7 Å². The van der Waals surface area contributed by atoms with Crippen molar-refractivity contribution in [2.75, 3.05) is 20.2 Å². The first-order valence-corrected chi connectivity index (χ1v) is 7.53. The zero-order valence-corrected chi connectivity index (χ0v) is 14.1. The van der Waals surface area contributed by atoms with Crippen molar-refractivity contribution in [1.82, 2.24) is 10.2 Å². The Balaban J connectivity index is 2.53. The molecule has 0 aliphatic heterocycles. The number of likely N-dealkylation sites (N-methyl/N-ethyl adjacent to an activating group) is 1. The highest BCUT2D eigenvalue weighted by Gasteiger charge is 2.25. The molecule has 0 saturated carbocycles. The summed E-state index contributed by atoms with van der Waals surface area (Å²) in [6, 6.07) is 7.27. The Bertz CT molecular complexity index is 514. The lowest BCUT2D eigenvalue weighted by molar-refractivity contribution is -0.136. The summed E-state index contributed by atoms with van der Waals surface area (Å²) >= 11 is 0. The van der Waals surface area contributed by atoms with Gasteiger partial charge in [0.2, 0.25) is 11.8 Å². The Morgan fingerprint density at radius 2 is 1.91 bits per heavy atom. The SMILES string of the molecule is CC(=O)NC(C(=O)N(C)CCOc1ccccc1C)C(C)C. The molecule has 1 aromatic carbocycles. The van der Waals surface area contributed by atoms with Crippen molar-refractivity contribution in [3.63, 3.8) is 0 Å². The van der Waals surface area contributed by atoms with E-state index in [1.165, 1.54) is 6.92 Å². The van der Waals surface area contributed by atoms with Gasteiger partial charge in [0.25, 0.3) is 0 Å². The summed E-state index contributed by atoms with van der Waals surface area (Å²) < 4.78 is 5.70. The zero-order valence-electron chi connectivity index (χ0n) is 14.1. The Morgan fingerprint density at radius 1 is 1.27 bits per heavy atom. The average molecular weight is 306 g/mol. The molecule has 5 heteroatoms. The summed E-state index contributed by atoms with van der Waals surface area (Å²) in [6.07, 6.45) is 0. The molecule has 0 radical (unpaired) electrons. The number of benzene rings is 1. The van der Waals surface area contributed by atoms with Gasteiger partial charge in [-0.3, -0.25) is 9.59 Å². The van der Waals surface area contributed by atoms with Crippen LogP contribution < -0.4 is 10.1 Å². The molecule has 1 unspecified atom stereocenters. The molecule has 1 N–H and O–H groups in total. The van der Waals surface area contributed by atoms with Gasteiger partial charge in [-0.05, 0) is 24.5 Å². The Hall–Kier alpha value is -2.04. The van der Waals surface area contributed by atoms with Crippen LogP contribution in [0.5, 0.6) is 5.75 Å². The third-order valence-corrected chi connectivity index (χ3v) is 3.45. The zero-order chi connectivity index (χ0) is 16.7. The Labute approximate surface area is 132 Å². The molecule has 122 valence electrons. The number of hydrogen-bond donors (Lipinski definition) is 1. The maximum Gasteiger partial charge on any atom is 0.245 e. The van der Waals surface area contributed by atoms with Crippen LogP contribution in [0, 0.1) is 12.8 Å². The lowest BCUT2D eigenvalue weighted by Crippen LogP contribution is -2.50. The minimum atomic E-state index is -0.499. The van der Waals surface area contributed by atoms with Crippen LogP contribution in [-0.4, -0.2) is 43.0 Å². The van der Waals surface area contributed by atoms with Crippen molar-refractivity contribution >= 4 is 11.8 Å². The highest BCUT2D eigenvalue weighted by Crippen LogP contribution is 2.16. The molecular formula is C17H26N2O3. The van der Waals surface area contributed by atoms with E-state index < -0.39 is 6.04 Å². The maximum atomic E-state index is 12.4. The lowest BCUT2D eigenvalue weighted by atomic mass is 10.0. The number of hydrogen-bond acceptors (Lipinski definition) is 3. The van der Waals surface area contributed by atoms with Gasteiger partial charge in [-0.15, -0.1) is 0 Å². The maximum absolute atomic E-state index is 12.4. The van der Waals surface area contributed by atoms with E-state index in [-0.39, 0.29) is 17.7 Å². The van der Waals surface area contributed by atoms with Crippen LogP contribution in [0.3, 0.4) is 0 Å². The predicted octanol–water partition coefficient (Wildman–Crippen LogP) is 1.99. The van der Waals surface area contributed by atoms with E-state index in [1.54, 1.807) is 11.9 Å². The molecule has 1 aromatic rings. The molecule has 5 nitrogen and oxygen atoms in total. The largest absolute Gasteiger partial charge is 0.491 e. The Morgan fingerprint density at radius 3 is 2.45 bits per heavy atom. The molecule has 22 heavy (non-hydrogen) atoms. The number of nitrogens with zero attached hydrogens (tertiary/aromatic N) is 1. The number of rotatable bonds is 7. The molecule has 2 amide bonds. The topological polar surface area (TPSA) is 58.6 Å². The highest BCUT2D eigenvalue weighted by atomic mass is 16.5. The monoisotopic (exact) mass is 306 g/mol. The molecule has 1 atom stereocenters. The lowest BCUT2D eigenvalue weighted by Gasteiger charge is -2.26. The second-order valence-corrected chi connectivity index (χ2v) is 5.80. The summed E-state index contributed by atoms with van der Waals surface area (Å²) in [5.41, 5.74) is 1.06. The summed E-state index contributed by atoms with van der Waals surface area (Å²) in [5.74, 6) is 0.567. The highest BCUT2D eigenvalue weighted by molar-refractivity contribution is 5.86. The fourth-order valence-electron chi connectivity index (χ4n) is 2.09. The van der Waals surface area contributed by atoms with E-state index >= 15 is 0 Å². The second-order valence-electron chi connectivity index (χ2n) is 5.80. The first-order chi connectivity index (χ1) is 10.3. The number of carbonyl (C=O) groups is 2. The van der Waals surface area contributed by atoms with Crippen LogP contribution in [-0.2, 0) is 9.59 Å². The normalized spacial score (nSPS) is 11.9. The molecule has 0 fully saturated rings. The van der Waals surface area contributed by atoms with Crippen molar-refractivity contribution in [3.8, 4) is 5.75 Å². The van der Waals surface area contributed by atoms with Crippen LogP contribution in [0.1, 0.15) is 26.3 Å². The number of carbonyl (C=O) groups excluding carboxylic acids is 2. The van der Waals surface area contributed by atoms with Gasteiger partial charge in [0, 0.05) is 14.0 Å². The second kappa shape index (κ2) is 8.41. The van der Waals surface area contributed by atoms with Crippen molar-refractivity contribution in [1.29, 1.82) is 0 Å². The van der Waals surface area contributed by atoms with E-state index in [1.807, 2.05) is 45.0 Å². The van der Waals surface area contributed by atoms with Gasteiger partial charge in [0.1, 0.15) is 18.4 Å². The summed E-state index contributed by atoms with van der Waals surface area (Å²) in [5, 5.41) is 2.71. The van der Waals surface area contributed by atoms with Gasteiger partial charge >= 0.3 is 0 Å². The molecular weight excluding hydrogens is 280 g/mol. The van der Waals surface area contributed by atoms with E-state index in [4.69, 9.17) is 4.74 Å². The molecule has 0 spiro atoms. The molecule has 0 saturated heterocycles. The van der Waals surface area contributed by atoms with Gasteiger partial charge in [0.15, 0.2) is 0 Å². The van der Waals surface area contributed by atoms with Gasteiger partial charge in [-0.1, -0.05) is 32.0 Å². The van der Waals surface area contributed by atoms with Gasteiger partial charge < -0.3 is 15.0 Å². The van der Waals surface area contributed by atoms with E-state index in [0.717, 1.165) is 11.3 Å². The third-order valence-electron chi connectivity index (χ3n) is 3.45. The fraction of sp³-hybridized carbons (Fsp3) is 0.529. The Kier molecular flexibility index (Phi) is 6.89. The van der Waals surface area contributed by atoms with Gasteiger partial charge in [-0.2, -0.15) is 0 Å². The number of nitrogens with one attached hydrogen (secondary N) is 1. The molecule has 0 aliphatic rings. The van der Waals surface area contributed by atoms with Crippen LogP contribution in [0.15, 0.2) is 24.3 Å². The number of aryl methyl sites for hydroxylation is 1. The van der Waals surface area contributed by atoms with Crippen molar-refractivity contribution in [2.24, 2.45) is 5.92 Å². The standard InChI is InChI=1S/C17H26N2O3/c1-12(2)16(18-14(4)20)17(21)19(5)10-11-22-15-9-7-6-8-13(15)3/h6-9,12,16H,10-11H2,1-5H3,(H,18,20). The van der Waals surface area contributed by atoms with Crippen molar-refractivity contribution in [3.05, 3.63) is 29.8 Å². The minimum absolute atomic E-state index is 0.0381. The number of para-hydroxylation sites is 1. The van der Waals surface area contributed by atoms with Gasteiger partial charge in [-0.25, -0.2) is 0 Å².